The molecule has 9 heteroatoms. The summed E-state index contributed by atoms with van der Waals surface area (Å²) in [4.78, 5) is 28.9. The van der Waals surface area contributed by atoms with Crippen LogP contribution in [0.2, 0.25) is 0 Å². The number of sulfonamides is 1. The third kappa shape index (κ3) is 8.43. The van der Waals surface area contributed by atoms with Crippen LogP contribution < -0.4 is 9.62 Å². The van der Waals surface area contributed by atoms with Crippen molar-refractivity contribution in [2.24, 2.45) is 0 Å². The first kappa shape index (κ1) is 29.4. The normalized spacial score (nSPS) is 12.0. The molecule has 0 aromatic heterocycles. The molecule has 0 aliphatic rings. The fourth-order valence-electron chi connectivity index (χ4n) is 4.15. The van der Waals surface area contributed by atoms with Crippen LogP contribution in [-0.2, 0) is 32.6 Å². The maximum atomic E-state index is 14.0. The molecule has 38 heavy (non-hydrogen) atoms. The molecule has 3 rings (SSSR count). The van der Waals surface area contributed by atoms with Crippen LogP contribution >= 0.6 is 15.9 Å². The van der Waals surface area contributed by atoms with Crippen molar-refractivity contribution < 1.29 is 18.0 Å². The van der Waals surface area contributed by atoms with E-state index in [2.05, 4.69) is 21.2 Å². The number of hydrogen-bond acceptors (Lipinski definition) is 4. The first-order valence-corrected chi connectivity index (χ1v) is 15.1. The van der Waals surface area contributed by atoms with E-state index in [1.54, 1.807) is 24.3 Å². The summed E-state index contributed by atoms with van der Waals surface area (Å²) >= 11 is 3.36. The van der Waals surface area contributed by atoms with Crippen molar-refractivity contribution in [1.82, 2.24) is 10.2 Å². The van der Waals surface area contributed by atoms with E-state index < -0.39 is 28.5 Å². The molecule has 0 bridgehead atoms. The van der Waals surface area contributed by atoms with Gasteiger partial charge >= 0.3 is 0 Å². The summed E-state index contributed by atoms with van der Waals surface area (Å²) in [6.45, 7) is 4.13. The van der Waals surface area contributed by atoms with Crippen molar-refractivity contribution in [3.8, 4) is 0 Å². The number of carbonyl (C=O) groups excluding carboxylic acids is 2. The van der Waals surface area contributed by atoms with Crippen molar-refractivity contribution in [3.63, 3.8) is 0 Å². The lowest BCUT2D eigenvalue weighted by atomic mass is 10.0. The van der Waals surface area contributed by atoms with Gasteiger partial charge in [0.25, 0.3) is 0 Å². The Labute approximate surface area is 234 Å². The smallest absolute Gasteiger partial charge is 0.244 e. The van der Waals surface area contributed by atoms with Crippen LogP contribution in [0.5, 0.6) is 0 Å². The van der Waals surface area contributed by atoms with Crippen LogP contribution in [0.1, 0.15) is 30.0 Å². The van der Waals surface area contributed by atoms with Gasteiger partial charge in [-0.3, -0.25) is 13.9 Å². The number of rotatable bonds is 12. The summed E-state index contributed by atoms with van der Waals surface area (Å²) in [7, 11) is -3.79. The van der Waals surface area contributed by atoms with Crippen molar-refractivity contribution in [2.75, 3.05) is 23.7 Å². The van der Waals surface area contributed by atoms with Crippen LogP contribution in [0.4, 0.5) is 5.69 Å². The molecule has 0 unspecified atom stereocenters. The highest BCUT2D eigenvalue weighted by atomic mass is 79.9. The number of halogens is 1. The molecule has 0 fully saturated rings. The Morgan fingerprint density at radius 2 is 1.61 bits per heavy atom. The SMILES string of the molecule is CCCNC(=O)[C@@H](Cc1ccccc1)N(Cc1cccc(C)c1)C(=O)CN(c1ccc(Br)cc1)S(C)(=O)=O. The third-order valence-corrected chi connectivity index (χ3v) is 7.72. The Kier molecular flexibility index (Phi) is 10.5. The molecule has 0 heterocycles. The molecule has 3 aromatic rings. The molecule has 2 amide bonds. The van der Waals surface area contributed by atoms with E-state index in [0.717, 1.165) is 38.1 Å². The molecule has 1 atom stereocenters. The van der Waals surface area contributed by atoms with Crippen LogP contribution in [0.25, 0.3) is 0 Å². The average molecular weight is 601 g/mol. The number of nitrogens with one attached hydrogen (secondary N) is 1. The summed E-state index contributed by atoms with van der Waals surface area (Å²) in [5, 5.41) is 2.94. The zero-order valence-electron chi connectivity index (χ0n) is 21.9. The van der Waals surface area contributed by atoms with E-state index in [1.165, 1.54) is 4.90 Å². The van der Waals surface area contributed by atoms with Gasteiger partial charge in [-0.1, -0.05) is 83.0 Å². The molecule has 0 aliphatic heterocycles. The van der Waals surface area contributed by atoms with Gasteiger partial charge in [-0.15, -0.1) is 0 Å². The molecule has 0 saturated carbocycles. The fourth-order valence-corrected chi connectivity index (χ4v) is 5.26. The Morgan fingerprint density at radius 1 is 0.947 bits per heavy atom. The van der Waals surface area contributed by atoms with E-state index in [0.29, 0.717) is 18.7 Å². The Hall–Kier alpha value is -3.17. The first-order valence-electron chi connectivity index (χ1n) is 12.5. The zero-order chi connectivity index (χ0) is 27.7. The van der Waals surface area contributed by atoms with Gasteiger partial charge in [0.2, 0.25) is 21.8 Å². The number of carbonyl (C=O) groups is 2. The molecule has 0 spiro atoms. The van der Waals surface area contributed by atoms with Crippen molar-refractivity contribution in [1.29, 1.82) is 0 Å². The number of aryl methyl sites for hydroxylation is 1. The third-order valence-electron chi connectivity index (χ3n) is 6.05. The monoisotopic (exact) mass is 599 g/mol. The first-order chi connectivity index (χ1) is 18.1. The highest BCUT2D eigenvalue weighted by Crippen LogP contribution is 2.22. The second kappa shape index (κ2) is 13.6. The Morgan fingerprint density at radius 3 is 2.21 bits per heavy atom. The van der Waals surface area contributed by atoms with Gasteiger partial charge in [0.05, 0.1) is 11.9 Å². The highest BCUT2D eigenvalue weighted by Gasteiger charge is 2.32. The van der Waals surface area contributed by atoms with Gasteiger partial charge in [0.1, 0.15) is 12.6 Å². The standard InChI is InChI=1S/C29H34BrN3O4S/c1-4-17-31-29(35)27(19-23-10-6-5-7-11-23)32(20-24-12-8-9-22(2)18-24)28(34)21-33(38(3,36)37)26-15-13-25(30)14-16-26/h5-16,18,27H,4,17,19-21H2,1-3H3,(H,31,35)/t27-/m1/s1. The molecule has 0 saturated heterocycles. The summed E-state index contributed by atoms with van der Waals surface area (Å²) < 4.78 is 27.4. The number of amides is 2. The highest BCUT2D eigenvalue weighted by molar-refractivity contribution is 9.10. The number of anilines is 1. The minimum absolute atomic E-state index is 0.162. The van der Waals surface area contributed by atoms with Gasteiger partial charge < -0.3 is 10.2 Å². The summed E-state index contributed by atoms with van der Waals surface area (Å²) in [5.41, 5.74) is 3.15. The molecule has 3 aromatic carbocycles. The van der Waals surface area contributed by atoms with Gasteiger partial charge in [-0.2, -0.15) is 0 Å². The molecule has 7 nitrogen and oxygen atoms in total. The van der Waals surface area contributed by atoms with Crippen molar-refractivity contribution >= 4 is 43.5 Å². The molecule has 0 radical (unpaired) electrons. The van der Waals surface area contributed by atoms with Gasteiger partial charge in [-0.05, 0) is 48.7 Å². The lowest BCUT2D eigenvalue weighted by Gasteiger charge is -2.33. The minimum Gasteiger partial charge on any atom is -0.354 e. The van der Waals surface area contributed by atoms with Crippen molar-refractivity contribution in [2.45, 2.75) is 39.3 Å². The topological polar surface area (TPSA) is 86.8 Å². The van der Waals surface area contributed by atoms with Gasteiger partial charge in [-0.25, -0.2) is 8.42 Å². The quantitative estimate of drug-likeness (QED) is 0.327. The van der Waals surface area contributed by atoms with Gasteiger partial charge in [0.15, 0.2) is 0 Å². The molecule has 0 aliphatic carbocycles. The van der Waals surface area contributed by atoms with Crippen molar-refractivity contribution in [3.05, 3.63) is 100 Å². The predicted octanol–water partition coefficient (Wildman–Crippen LogP) is 4.69. The van der Waals surface area contributed by atoms with Crippen LogP contribution in [0.3, 0.4) is 0 Å². The maximum absolute atomic E-state index is 14.0. The van der Waals surface area contributed by atoms with E-state index in [9.17, 15) is 18.0 Å². The minimum atomic E-state index is -3.79. The molecular weight excluding hydrogens is 566 g/mol. The predicted molar refractivity (Wildman–Crippen MR) is 155 cm³/mol. The summed E-state index contributed by atoms with van der Waals surface area (Å²) in [6.07, 6.45) is 2.12. The van der Waals surface area contributed by atoms with Crippen LogP contribution in [0.15, 0.2) is 83.3 Å². The van der Waals surface area contributed by atoms with E-state index in [4.69, 9.17) is 0 Å². The second-order valence-electron chi connectivity index (χ2n) is 9.25. The Bertz CT molecular complexity index is 1330. The fraction of sp³-hybridized carbons (Fsp3) is 0.310. The second-order valence-corrected chi connectivity index (χ2v) is 12.1. The summed E-state index contributed by atoms with van der Waals surface area (Å²) in [5.74, 6) is -0.737. The maximum Gasteiger partial charge on any atom is 0.244 e. The molecule has 1 N–H and O–H groups in total. The lowest BCUT2D eigenvalue weighted by molar-refractivity contribution is -0.140. The number of nitrogens with zero attached hydrogens (tertiary/aromatic N) is 2. The molecule has 202 valence electrons. The van der Waals surface area contributed by atoms with E-state index in [-0.39, 0.29) is 12.5 Å². The zero-order valence-corrected chi connectivity index (χ0v) is 24.3. The largest absolute Gasteiger partial charge is 0.354 e. The van der Waals surface area contributed by atoms with Crippen LogP contribution in [-0.4, -0.2) is 50.5 Å². The Balaban J connectivity index is 2.03. The average Bonchev–Trinajstić information content (AvgIpc) is 2.88. The molecular formula is C29H34BrN3O4S. The number of hydrogen-bond donors (Lipinski definition) is 1. The van der Waals surface area contributed by atoms with Gasteiger partial charge in [0, 0.05) is 24.0 Å². The van der Waals surface area contributed by atoms with E-state index >= 15 is 0 Å². The summed E-state index contributed by atoms with van der Waals surface area (Å²) in [6, 6.07) is 23.1. The lowest BCUT2D eigenvalue weighted by Crippen LogP contribution is -2.53. The van der Waals surface area contributed by atoms with E-state index in [1.807, 2.05) is 68.4 Å². The number of benzene rings is 3. The van der Waals surface area contributed by atoms with Crippen LogP contribution in [0, 0.1) is 6.92 Å².